The molecule has 0 spiro atoms. The van der Waals surface area contributed by atoms with Gasteiger partial charge in [0, 0.05) is 29.6 Å². The Hall–Kier alpha value is -3.07. The topological polar surface area (TPSA) is 86.8 Å². The van der Waals surface area contributed by atoms with E-state index in [0.29, 0.717) is 6.54 Å². The van der Waals surface area contributed by atoms with Crippen molar-refractivity contribution >= 4 is 50.7 Å². The van der Waals surface area contributed by atoms with Gasteiger partial charge in [-0.1, -0.05) is 83.4 Å². The van der Waals surface area contributed by atoms with Crippen LogP contribution < -0.4 is 9.62 Å². The molecule has 0 heterocycles. The number of sulfonamides is 1. The molecule has 1 N–H and O–H groups in total. The van der Waals surface area contributed by atoms with Crippen LogP contribution in [0.5, 0.6) is 0 Å². The highest BCUT2D eigenvalue weighted by atomic mass is 35.5. The second-order valence-corrected chi connectivity index (χ2v) is 11.8. The maximum absolute atomic E-state index is 13.9. The fourth-order valence-electron chi connectivity index (χ4n) is 4.03. The van der Waals surface area contributed by atoms with Crippen molar-refractivity contribution in [2.45, 2.75) is 32.9 Å². The molecule has 202 valence electrons. The van der Waals surface area contributed by atoms with E-state index in [1.54, 1.807) is 6.92 Å². The zero-order valence-electron chi connectivity index (χ0n) is 21.5. The molecule has 3 aromatic carbocycles. The van der Waals surface area contributed by atoms with Crippen LogP contribution in [0.2, 0.25) is 10.0 Å². The van der Waals surface area contributed by atoms with Crippen molar-refractivity contribution in [3.8, 4) is 0 Å². The van der Waals surface area contributed by atoms with Crippen LogP contribution in [0.4, 0.5) is 5.69 Å². The number of amides is 2. The summed E-state index contributed by atoms with van der Waals surface area (Å²) >= 11 is 12.3. The predicted octanol–water partition coefficient (Wildman–Crippen LogP) is 4.84. The monoisotopic (exact) mass is 575 g/mol. The third-order valence-corrected chi connectivity index (χ3v) is 7.49. The molecule has 2 amide bonds. The van der Waals surface area contributed by atoms with Crippen molar-refractivity contribution in [2.24, 2.45) is 0 Å². The van der Waals surface area contributed by atoms with Crippen LogP contribution in [0.15, 0.2) is 72.8 Å². The van der Waals surface area contributed by atoms with E-state index in [1.165, 1.54) is 23.1 Å². The smallest absolute Gasteiger partial charge is 0.244 e. The maximum atomic E-state index is 13.9. The standard InChI is InChI=1S/C28H31Cl2N3O4S/c1-4-31-28(35)26(14-21-8-6-5-7-9-21)32(18-22-12-10-20(2)11-13-22)27(34)19-33(38(3,36)37)25-16-23(29)15-24(30)17-25/h5-13,15-17,26H,4,14,18-19H2,1-3H3,(H,31,35)/t26-/m0/s1. The molecule has 1 atom stereocenters. The first kappa shape index (κ1) is 29.5. The molecule has 0 aromatic heterocycles. The molecule has 0 saturated heterocycles. The quantitative estimate of drug-likeness (QED) is 0.354. The van der Waals surface area contributed by atoms with E-state index >= 15 is 0 Å². The lowest BCUT2D eigenvalue weighted by molar-refractivity contribution is -0.140. The van der Waals surface area contributed by atoms with Crippen LogP contribution >= 0.6 is 23.2 Å². The molecule has 0 fully saturated rings. The van der Waals surface area contributed by atoms with E-state index in [1.807, 2.05) is 61.5 Å². The van der Waals surface area contributed by atoms with Crippen molar-refractivity contribution < 1.29 is 18.0 Å². The lowest BCUT2D eigenvalue weighted by Gasteiger charge is -2.33. The molecular weight excluding hydrogens is 545 g/mol. The molecule has 7 nitrogen and oxygen atoms in total. The summed E-state index contributed by atoms with van der Waals surface area (Å²) in [6.07, 6.45) is 1.26. The van der Waals surface area contributed by atoms with Gasteiger partial charge in [0.2, 0.25) is 21.8 Å². The minimum Gasteiger partial charge on any atom is -0.355 e. The molecule has 0 bridgehead atoms. The van der Waals surface area contributed by atoms with Crippen LogP contribution in [0.1, 0.15) is 23.6 Å². The maximum Gasteiger partial charge on any atom is 0.244 e. The summed E-state index contributed by atoms with van der Waals surface area (Å²) in [5.74, 6) is -0.868. The number of carbonyl (C=O) groups is 2. The van der Waals surface area contributed by atoms with E-state index in [4.69, 9.17) is 23.2 Å². The summed E-state index contributed by atoms with van der Waals surface area (Å²) in [5, 5.41) is 3.29. The molecule has 0 radical (unpaired) electrons. The summed E-state index contributed by atoms with van der Waals surface area (Å²) in [6.45, 7) is 3.72. The van der Waals surface area contributed by atoms with Crippen molar-refractivity contribution in [1.82, 2.24) is 10.2 Å². The number of anilines is 1. The molecular formula is C28H31Cl2N3O4S. The number of carbonyl (C=O) groups excluding carboxylic acids is 2. The van der Waals surface area contributed by atoms with Gasteiger partial charge < -0.3 is 10.2 Å². The van der Waals surface area contributed by atoms with Gasteiger partial charge in [-0.3, -0.25) is 13.9 Å². The number of nitrogens with one attached hydrogen (secondary N) is 1. The number of halogens is 2. The minimum absolute atomic E-state index is 0.113. The normalized spacial score (nSPS) is 12.0. The largest absolute Gasteiger partial charge is 0.355 e. The molecule has 3 rings (SSSR count). The van der Waals surface area contributed by atoms with E-state index in [2.05, 4.69) is 5.32 Å². The molecule has 0 unspecified atom stereocenters. The lowest BCUT2D eigenvalue weighted by Crippen LogP contribution is -2.53. The summed E-state index contributed by atoms with van der Waals surface area (Å²) in [5.41, 5.74) is 2.89. The Morgan fingerprint density at radius 2 is 1.53 bits per heavy atom. The van der Waals surface area contributed by atoms with Gasteiger partial charge in [-0.25, -0.2) is 8.42 Å². The number of rotatable bonds is 11. The van der Waals surface area contributed by atoms with Crippen LogP contribution in [0.25, 0.3) is 0 Å². The third-order valence-electron chi connectivity index (χ3n) is 5.91. The number of hydrogen-bond donors (Lipinski definition) is 1. The Bertz CT molecular complexity index is 1350. The van der Waals surface area contributed by atoms with Gasteiger partial charge >= 0.3 is 0 Å². The highest BCUT2D eigenvalue weighted by Gasteiger charge is 2.33. The minimum atomic E-state index is -3.91. The van der Waals surface area contributed by atoms with Gasteiger partial charge in [0.25, 0.3) is 0 Å². The molecule has 0 aliphatic heterocycles. The van der Waals surface area contributed by atoms with E-state index in [0.717, 1.165) is 27.3 Å². The van der Waals surface area contributed by atoms with Gasteiger partial charge in [-0.05, 0) is 43.2 Å². The zero-order chi connectivity index (χ0) is 27.9. The zero-order valence-corrected chi connectivity index (χ0v) is 23.9. The molecule has 10 heteroatoms. The summed E-state index contributed by atoms with van der Waals surface area (Å²) in [6, 6.07) is 20.5. The Morgan fingerprint density at radius 3 is 2.08 bits per heavy atom. The molecule has 0 aliphatic carbocycles. The second-order valence-electron chi connectivity index (χ2n) is 9.00. The lowest BCUT2D eigenvalue weighted by atomic mass is 10.0. The van der Waals surface area contributed by atoms with Crippen LogP contribution in [0, 0.1) is 6.92 Å². The predicted molar refractivity (Wildman–Crippen MR) is 153 cm³/mol. The van der Waals surface area contributed by atoms with Gasteiger partial charge in [-0.2, -0.15) is 0 Å². The second kappa shape index (κ2) is 13.1. The summed E-state index contributed by atoms with van der Waals surface area (Å²) < 4.78 is 26.5. The third kappa shape index (κ3) is 8.21. The SMILES string of the molecule is CCNC(=O)[C@H](Cc1ccccc1)N(Cc1ccc(C)cc1)C(=O)CN(c1cc(Cl)cc(Cl)c1)S(C)(=O)=O. The number of nitrogens with zero attached hydrogens (tertiary/aromatic N) is 2. The molecule has 0 aliphatic rings. The highest BCUT2D eigenvalue weighted by Crippen LogP contribution is 2.27. The summed E-state index contributed by atoms with van der Waals surface area (Å²) in [4.78, 5) is 28.7. The highest BCUT2D eigenvalue weighted by molar-refractivity contribution is 7.92. The van der Waals surface area contributed by atoms with Crippen molar-refractivity contribution in [1.29, 1.82) is 0 Å². The Balaban J connectivity index is 2.05. The van der Waals surface area contributed by atoms with Crippen LogP contribution in [-0.4, -0.2) is 50.5 Å². The first-order valence-corrected chi connectivity index (χ1v) is 14.7. The van der Waals surface area contributed by atoms with E-state index in [9.17, 15) is 18.0 Å². The van der Waals surface area contributed by atoms with Gasteiger partial charge in [-0.15, -0.1) is 0 Å². The van der Waals surface area contributed by atoms with Crippen molar-refractivity contribution in [2.75, 3.05) is 23.7 Å². The van der Waals surface area contributed by atoms with Crippen molar-refractivity contribution in [3.05, 3.63) is 99.5 Å². The van der Waals surface area contributed by atoms with E-state index < -0.39 is 28.5 Å². The van der Waals surface area contributed by atoms with Gasteiger partial charge in [0.15, 0.2) is 0 Å². The molecule has 38 heavy (non-hydrogen) atoms. The van der Waals surface area contributed by atoms with Crippen LogP contribution in [0.3, 0.4) is 0 Å². The number of hydrogen-bond acceptors (Lipinski definition) is 4. The molecule has 0 saturated carbocycles. The van der Waals surface area contributed by atoms with Gasteiger partial charge in [0.1, 0.15) is 12.6 Å². The fourth-order valence-corrected chi connectivity index (χ4v) is 5.38. The molecule has 3 aromatic rings. The van der Waals surface area contributed by atoms with Crippen LogP contribution in [-0.2, 0) is 32.6 Å². The van der Waals surface area contributed by atoms with E-state index in [-0.39, 0.29) is 34.6 Å². The first-order chi connectivity index (χ1) is 18.0. The fraction of sp³-hybridized carbons (Fsp3) is 0.286. The first-order valence-electron chi connectivity index (χ1n) is 12.1. The van der Waals surface area contributed by atoms with Crippen molar-refractivity contribution in [3.63, 3.8) is 0 Å². The average molecular weight is 577 g/mol. The Morgan fingerprint density at radius 1 is 0.921 bits per heavy atom. The Labute approximate surface area is 234 Å². The number of likely N-dealkylation sites (N-methyl/N-ethyl adjacent to an activating group) is 1. The van der Waals surface area contributed by atoms with Gasteiger partial charge in [0.05, 0.1) is 11.9 Å². The summed E-state index contributed by atoms with van der Waals surface area (Å²) in [7, 11) is -3.91. The Kier molecular flexibility index (Phi) is 10.2. The number of benzene rings is 3. The number of aryl methyl sites for hydroxylation is 1. The average Bonchev–Trinajstić information content (AvgIpc) is 2.85.